The minimum atomic E-state index is -0.209. The number of aromatic hydroxyl groups is 1. The molecule has 7 heteroatoms. The smallest absolute Gasteiger partial charge is 0.273 e. The Balaban J connectivity index is 1.92. The first-order valence-electron chi connectivity index (χ1n) is 7.49. The van der Waals surface area contributed by atoms with Crippen molar-refractivity contribution in [2.45, 2.75) is 0 Å². The summed E-state index contributed by atoms with van der Waals surface area (Å²) < 4.78 is 11.6. The lowest BCUT2D eigenvalue weighted by atomic mass is 10.1. The van der Waals surface area contributed by atoms with Gasteiger partial charge in [0.1, 0.15) is 0 Å². The first-order valence-corrected chi connectivity index (χ1v) is 7.49. The van der Waals surface area contributed by atoms with E-state index in [-0.39, 0.29) is 11.3 Å². The van der Waals surface area contributed by atoms with Crippen molar-refractivity contribution in [1.82, 2.24) is 14.8 Å². The van der Waals surface area contributed by atoms with Crippen LogP contribution in [0, 0.1) is 0 Å². The highest BCUT2D eigenvalue weighted by molar-refractivity contribution is 5.71. The predicted octanol–water partition coefficient (Wildman–Crippen LogP) is 2.45. The van der Waals surface area contributed by atoms with Gasteiger partial charge in [-0.15, -0.1) is 0 Å². The number of benzene rings is 1. The molecule has 0 aliphatic heterocycles. The van der Waals surface area contributed by atoms with Crippen LogP contribution < -0.4 is 15.0 Å². The van der Waals surface area contributed by atoms with Gasteiger partial charge in [-0.1, -0.05) is 12.1 Å². The highest BCUT2D eigenvalue weighted by atomic mass is 16.5. The second-order valence-electron chi connectivity index (χ2n) is 5.18. The number of hydrogen-bond donors (Lipinski definition) is 2. The molecule has 7 nitrogen and oxygen atoms in total. The van der Waals surface area contributed by atoms with Gasteiger partial charge in [0.25, 0.3) is 5.56 Å². The molecule has 0 bridgehead atoms. The Morgan fingerprint density at radius 1 is 1.12 bits per heavy atom. The maximum Gasteiger partial charge on any atom is 0.273 e. The lowest BCUT2D eigenvalue weighted by molar-refractivity contribution is 0.340. The standard InChI is InChI=1S/C18H17N3O4/c1-24-14-9-12(10-15(25-2)18(14)23)6-7-13-11-17(22)21(20-13)16-5-3-4-8-19-16/h3-11,20,23H,1-2H3. The molecule has 25 heavy (non-hydrogen) atoms. The molecule has 128 valence electrons. The molecule has 0 saturated carbocycles. The summed E-state index contributed by atoms with van der Waals surface area (Å²) in [6.45, 7) is 0. The van der Waals surface area contributed by atoms with Crippen molar-refractivity contribution in [1.29, 1.82) is 0 Å². The summed E-state index contributed by atoms with van der Waals surface area (Å²) in [5.74, 6) is 1.06. The number of hydrogen-bond acceptors (Lipinski definition) is 5. The van der Waals surface area contributed by atoms with Gasteiger partial charge in [0.15, 0.2) is 17.3 Å². The molecule has 0 atom stereocenters. The molecular weight excluding hydrogens is 322 g/mol. The van der Waals surface area contributed by atoms with E-state index < -0.39 is 0 Å². The molecule has 0 amide bonds. The maximum atomic E-state index is 12.1. The largest absolute Gasteiger partial charge is 0.502 e. The lowest BCUT2D eigenvalue weighted by Crippen LogP contribution is -2.14. The van der Waals surface area contributed by atoms with Crippen LogP contribution in [0.2, 0.25) is 0 Å². The monoisotopic (exact) mass is 339 g/mol. The molecular formula is C18H17N3O4. The van der Waals surface area contributed by atoms with Gasteiger partial charge in [-0.3, -0.25) is 9.89 Å². The highest BCUT2D eigenvalue weighted by Gasteiger charge is 2.10. The molecule has 2 aromatic heterocycles. The Labute approximate surface area is 143 Å². The summed E-state index contributed by atoms with van der Waals surface area (Å²) in [4.78, 5) is 16.2. The van der Waals surface area contributed by atoms with Crippen molar-refractivity contribution in [3.8, 4) is 23.1 Å². The number of methoxy groups -OCH3 is 2. The quantitative estimate of drug-likeness (QED) is 0.745. The van der Waals surface area contributed by atoms with E-state index in [1.807, 2.05) is 0 Å². The second kappa shape index (κ2) is 6.96. The molecule has 0 aliphatic carbocycles. The number of aromatic nitrogens is 3. The number of H-pyrrole nitrogens is 1. The maximum absolute atomic E-state index is 12.1. The van der Waals surface area contributed by atoms with Gasteiger partial charge in [0.05, 0.1) is 19.9 Å². The molecule has 0 saturated heterocycles. The van der Waals surface area contributed by atoms with Gasteiger partial charge in [-0.05, 0) is 35.9 Å². The Morgan fingerprint density at radius 2 is 1.84 bits per heavy atom. The van der Waals surface area contributed by atoms with Crippen LogP contribution in [0.25, 0.3) is 18.0 Å². The zero-order valence-corrected chi connectivity index (χ0v) is 13.8. The summed E-state index contributed by atoms with van der Waals surface area (Å²) in [6.07, 6.45) is 5.14. The third-order valence-electron chi connectivity index (χ3n) is 3.58. The van der Waals surface area contributed by atoms with E-state index in [4.69, 9.17) is 9.47 Å². The topological polar surface area (TPSA) is 89.4 Å². The van der Waals surface area contributed by atoms with Gasteiger partial charge in [-0.25, -0.2) is 9.67 Å². The van der Waals surface area contributed by atoms with E-state index in [0.29, 0.717) is 23.0 Å². The molecule has 1 aromatic carbocycles. The zero-order valence-electron chi connectivity index (χ0n) is 13.8. The van der Waals surface area contributed by atoms with Gasteiger partial charge in [-0.2, -0.15) is 0 Å². The minimum Gasteiger partial charge on any atom is -0.502 e. The van der Waals surface area contributed by atoms with Gasteiger partial charge < -0.3 is 14.6 Å². The highest BCUT2D eigenvalue weighted by Crippen LogP contribution is 2.37. The Bertz CT molecular complexity index is 933. The number of phenols is 1. The van der Waals surface area contributed by atoms with E-state index in [9.17, 15) is 9.90 Å². The molecule has 0 radical (unpaired) electrons. The SMILES string of the molecule is COc1cc(C=Cc2cc(=O)n(-c3ccccn3)[nH]2)cc(OC)c1O. The number of nitrogens with one attached hydrogen (secondary N) is 1. The molecule has 0 unspecified atom stereocenters. The molecule has 0 fully saturated rings. The van der Waals surface area contributed by atoms with Crippen molar-refractivity contribution in [2.24, 2.45) is 0 Å². The third kappa shape index (κ3) is 3.40. The van der Waals surface area contributed by atoms with E-state index in [0.717, 1.165) is 5.56 Å². The Morgan fingerprint density at radius 3 is 2.44 bits per heavy atom. The number of phenolic OH excluding ortho intramolecular Hbond substituents is 1. The van der Waals surface area contributed by atoms with Crippen LogP contribution in [0.15, 0.2) is 47.4 Å². The van der Waals surface area contributed by atoms with Gasteiger partial charge >= 0.3 is 0 Å². The van der Waals surface area contributed by atoms with Crippen molar-refractivity contribution >= 4 is 12.2 Å². The number of ether oxygens (including phenoxy) is 2. The van der Waals surface area contributed by atoms with E-state index >= 15 is 0 Å². The van der Waals surface area contributed by atoms with Crippen molar-refractivity contribution < 1.29 is 14.6 Å². The third-order valence-corrected chi connectivity index (χ3v) is 3.58. The second-order valence-corrected chi connectivity index (χ2v) is 5.18. The van der Waals surface area contributed by atoms with Crippen molar-refractivity contribution in [2.75, 3.05) is 14.2 Å². The van der Waals surface area contributed by atoms with Crippen LogP contribution in [0.4, 0.5) is 0 Å². The van der Waals surface area contributed by atoms with Gasteiger partial charge in [0, 0.05) is 12.3 Å². The number of nitrogens with zero attached hydrogens (tertiary/aromatic N) is 2. The van der Waals surface area contributed by atoms with Crippen LogP contribution in [0.1, 0.15) is 11.3 Å². The first kappa shape index (κ1) is 16.4. The van der Waals surface area contributed by atoms with Crippen molar-refractivity contribution in [3.05, 3.63) is 64.2 Å². The molecule has 2 heterocycles. The fourth-order valence-electron chi connectivity index (χ4n) is 2.35. The number of rotatable bonds is 5. The average molecular weight is 339 g/mol. The first-order chi connectivity index (χ1) is 12.1. The van der Waals surface area contributed by atoms with Crippen LogP contribution in [0.3, 0.4) is 0 Å². The van der Waals surface area contributed by atoms with Crippen molar-refractivity contribution in [3.63, 3.8) is 0 Å². The fraction of sp³-hybridized carbons (Fsp3) is 0.111. The molecule has 0 spiro atoms. The summed E-state index contributed by atoms with van der Waals surface area (Å²) in [5.41, 5.74) is 1.15. The molecule has 2 N–H and O–H groups in total. The molecule has 0 aliphatic rings. The summed E-state index contributed by atoms with van der Waals surface area (Å²) in [5, 5.41) is 12.9. The zero-order chi connectivity index (χ0) is 17.8. The number of pyridine rings is 1. The fourth-order valence-corrected chi connectivity index (χ4v) is 2.35. The van der Waals surface area contributed by atoms with Crippen LogP contribution in [-0.4, -0.2) is 34.1 Å². The summed E-state index contributed by atoms with van der Waals surface area (Å²) >= 11 is 0. The lowest BCUT2D eigenvalue weighted by Gasteiger charge is -2.09. The van der Waals surface area contributed by atoms with E-state index in [1.54, 1.807) is 48.7 Å². The molecule has 3 rings (SSSR count). The number of aromatic amines is 1. The van der Waals surface area contributed by atoms with Gasteiger partial charge in [0.2, 0.25) is 5.75 Å². The predicted molar refractivity (Wildman–Crippen MR) is 94.3 cm³/mol. The van der Waals surface area contributed by atoms with Crippen LogP contribution in [0.5, 0.6) is 17.2 Å². The van der Waals surface area contributed by atoms with E-state index in [2.05, 4.69) is 10.1 Å². The normalized spacial score (nSPS) is 11.0. The Hall–Kier alpha value is -3.48. The van der Waals surface area contributed by atoms with Crippen LogP contribution in [-0.2, 0) is 0 Å². The summed E-state index contributed by atoms with van der Waals surface area (Å²) in [6, 6.07) is 10.1. The van der Waals surface area contributed by atoms with E-state index in [1.165, 1.54) is 25.0 Å². The summed E-state index contributed by atoms with van der Waals surface area (Å²) in [7, 11) is 2.93. The molecule has 3 aromatic rings. The average Bonchev–Trinajstić information content (AvgIpc) is 3.02. The minimum absolute atomic E-state index is 0.0585. The Kier molecular flexibility index (Phi) is 4.56. The van der Waals surface area contributed by atoms with Crippen LogP contribution >= 0.6 is 0 Å².